The molecule has 0 unspecified atom stereocenters. The Morgan fingerprint density at radius 2 is 2.29 bits per heavy atom. The van der Waals surface area contributed by atoms with Crippen molar-refractivity contribution in [1.82, 2.24) is 9.78 Å². The van der Waals surface area contributed by atoms with E-state index < -0.39 is 0 Å². The summed E-state index contributed by atoms with van der Waals surface area (Å²) >= 11 is 0. The fourth-order valence-electron chi connectivity index (χ4n) is 1.38. The summed E-state index contributed by atoms with van der Waals surface area (Å²) in [7, 11) is 0. The Kier molecular flexibility index (Phi) is 2.31. The minimum absolute atomic E-state index is 0.197. The van der Waals surface area contributed by atoms with Gasteiger partial charge >= 0.3 is 0 Å². The standard InChI is InChI=1S/C11H11FN2/c1-9-3-4-11(12)7-10(9)8-14-6-2-5-13-14/h2-7H,8H2,1H3. The molecule has 0 saturated carbocycles. The molecule has 2 aromatic rings. The van der Waals surface area contributed by atoms with Crippen LogP contribution in [0.25, 0.3) is 0 Å². The zero-order valence-electron chi connectivity index (χ0n) is 7.94. The molecular weight excluding hydrogens is 179 g/mol. The number of hydrogen-bond donors (Lipinski definition) is 0. The summed E-state index contributed by atoms with van der Waals surface area (Å²) in [5.74, 6) is -0.197. The summed E-state index contributed by atoms with van der Waals surface area (Å²) < 4.78 is 14.7. The molecule has 14 heavy (non-hydrogen) atoms. The lowest BCUT2D eigenvalue weighted by atomic mass is 10.1. The van der Waals surface area contributed by atoms with E-state index in [0.29, 0.717) is 6.54 Å². The summed E-state index contributed by atoms with van der Waals surface area (Å²) in [6.07, 6.45) is 3.58. The highest BCUT2D eigenvalue weighted by molar-refractivity contribution is 5.26. The molecule has 0 aliphatic carbocycles. The topological polar surface area (TPSA) is 17.8 Å². The molecule has 1 heterocycles. The van der Waals surface area contributed by atoms with Crippen molar-refractivity contribution in [3.05, 3.63) is 53.6 Å². The smallest absolute Gasteiger partial charge is 0.123 e. The van der Waals surface area contributed by atoms with Crippen LogP contribution in [0.3, 0.4) is 0 Å². The van der Waals surface area contributed by atoms with E-state index in [2.05, 4.69) is 5.10 Å². The molecule has 0 aliphatic heterocycles. The van der Waals surface area contributed by atoms with Crippen LogP contribution < -0.4 is 0 Å². The van der Waals surface area contributed by atoms with Crippen LogP contribution in [0.15, 0.2) is 36.7 Å². The Hall–Kier alpha value is -1.64. The van der Waals surface area contributed by atoms with Gasteiger partial charge in [-0.05, 0) is 36.2 Å². The van der Waals surface area contributed by atoms with Gasteiger partial charge in [0.15, 0.2) is 0 Å². The van der Waals surface area contributed by atoms with Crippen molar-refractivity contribution >= 4 is 0 Å². The Morgan fingerprint density at radius 3 is 3.00 bits per heavy atom. The van der Waals surface area contributed by atoms with Crippen molar-refractivity contribution < 1.29 is 4.39 Å². The highest BCUT2D eigenvalue weighted by atomic mass is 19.1. The van der Waals surface area contributed by atoms with E-state index >= 15 is 0 Å². The molecule has 2 nitrogen and oxygen atoms in total. The number of rotatable bonds is 2. The van der Waals surface area contributed by atoms with Gasteiger partial charge in [0.05, 0.1) is 6.54 Å². The van der Waals surface area contributed by atoms with Gasteiger partial charge in [-0.1, -0.05) is 6.07 Å². The molecule has 0 radical (unpaired) electrons. The SMILES string of the molecule is Cc1ccc(F)cc1Cn1cccn1. The van der Waals surface area contributed by atoms with Crippen LogP contribution in [-0.2, 0) is 6.54 Å². The molecule has 0 amide bonds. The maximum Gasteiger partial charge on any atom is 0.123 e. The largest absolute Gasteiger partial charge is 0.268 e. The van der Waals surface area contributed by atoms with Crippen molar-refractivity contribution in [2.45, 2.75) is 13.5 Å². The van der Waals surface area contributed by atoms with Crippen LogP contribution in [0.1, 0.15) is 11.1 Å². The zero-order chi connectivity index (χ0) is 9.97. The molecule has 1 aromatic heterocycles. The second-order valence-electron chi connectivity index (χ2n) is 3.27. The van der Waals surface area contributed by atoms with Gasteiger partial charge in [-0.15, -0.1) is 0 Å². The third-order valence-electron chi connectivity index (χ3n) is 2.20. The van der Waals surface area contributed by atoms with Gasteiger partial charge < -0.3 is 0 Å². The van der Waals surface area contributed by atoms with E-state index in [-0.39, 0.29) is 5.82 Å². The van der Waals surface area contributed by atoms with Gasteiger partial charge in [-0.25, -0.2) is 4.39 Å². The second kappa shape index (κ2) is 3.62. The quantitative estimate of drug-likeness (QED) is 0.711. The van der Waals surface area contributed by atoms with Crippen LogP contribution >= 0.6 is 0 Å². The molecule has 0 N–H and O–H groups in total. The third kappa shape index (κ3) is 1.82. The van der Waals surface area contributed by atoms with E-state index in [1.165, 1.54) is 6.07 Å². The molecule has 0 spiro atoms. The van der Waals surface area contributed by atoms with E-state index in [0.717, 1.165) is 11.1 Å². The summed E-state index contributed by atoms with van der Waals surface area (Å²) in [6, 6.07) is 6.67. The summed E-state index contributed by atoms with van der Waals surface area (Å²) in [6.45, 7) is 2.59. The maximum atomic E-state index is 12.9. The molecular formula is C11H11FN2. The first-order valence-corrected chi connectivity index (χ1v) is 4.48. The molecule has 0 saturated heterocycles. The van der Waals surface area contributed by atoms with Crippen LogP contribution in [0.2, 0.25) is 0 Å². The van der Waals surface area contributed by atoms with Gasteiger partial charge in [-0.3, -0.25) is 4.68 Å². The number of aryl methyl sites for hydroxylation is 1. The Morgan fingerprint density at radius 1 is 1.43 bits per heavy atom. The van der Waals surface area contributed by atoms with E-state index in [9.17, 15) is 4.39 Å². The lowest BCUT2D eigenvalue weighted by Crippen LogP contribution is -2.02. The van der Waals surface area contributed by atoms with Crippen LogP contribution in [-0.4, -0.2) is 9.78 Å². The van der Waals surface area contributed by atoms with Gasteiger partial charge in [-0.2, -0.15) is 5.10 Å². The van der Waals surface area contributed by atoms with Crippen LogP contribution in [0, 0.1) is 12.7 Å². The number of aromatic nitrogens is 2. The second-order valence-corrected chi connectivity index (χ2v) is 3.27. The normalized spacial score (nSPS) is 10.4. The number of nitrogens with zero attached hydrogens (tertiary/aromatic N) is 2. The Balaban J connectivity index is 2.28. The zero-order valence-corrected chi connectivity index (χ0v) is 7.94. The summed E-state index contributed by atoms with van der Waals surface area (Å²) in [5.41, 5.74) is 2.05. The molecule has 3 heteroatoms. The van der Waals surface area contributed by atoms with Crippen molar-refractivity contribution in [3.8, 4) is 0 Å². The van der Waals surface area contributed by atoms with E-state index in [1.54, 1.807) is 23.0 Å². The summed E-state index contributed by atoms with van der Waals surface area (Å²) in [4.78, 5) is 0. The van der Waals surface area contributed by atoms with Crippen molar-refractivity contribution in [1.29, 1.82) is 0 Å². The highest BCUT2D eigenvalue weighted by Gasteiger charge is 2.01. The molecule has 0 aliphatic rings. The molecule has 2 rings (SSSR count). The molecule has 72 valence electrons. The molecule has 1 aromatic carbocycles. The minimum Gasteiger partial charge on any atom is -0.268 e. The monoisotopic (exact) mass is 190 g/mol. The molecule has 0 atom stereocenters. The molecule has 0 fully saturated rings. The predicted octanol–water partition coefficient (Wildman–Crippen LogP) is 2.38. The number of benzene rings is 1. The highest BCUT2D eigenvalue weighted by Crippen LogP contribution is 2.11. The Bertz CT molecular complexity index is 421. The van der Waals surface area contributed by atoms with Gasteiger partial charge in [0.25, 0.3) is 0 Å². The third-order valence-corrected chi connectivity index (χ3v) is 2.20. The fraction of sp³-hybridized carbons (Fsp3) is 0.182. The fourth-order valence-corrected chi connectivity index (χ4v) is 1.38. The van der Waals surface area contributed by atoms with Gasteiger partial charge in [0.1, 0.15) is 5.82 Å². The minimum atomic E-state index is -0.197. The Labute approximate surface area is 82.0 Å². The average Bonchev–Trinajstić information content (AvgIpc) is 2.64. The summed E-state index contributed by atoms with van der Waals surface area (Å²) in [5, 5.41) is 4.08. The first-order chi connectivity index (χ1) is 6.75. The van der Waals surface area contributed by atoms with E-state index in [4.69, 9.17) is 0 Å². The van der Waals surface area contributed by atoms with Crippen LogP contribution in [0.5, 0.6) is 0 Å². The lowest BCUT2D eigenvalue weighted by molar-refractivity contribution is 0.618. The van der Waals surface area contributed by atoms with Crippen molar-refractivity contribution in [3.63, 3.8) is 0 Å². The van der Waals surface area contributed by atoms with Crippen molar-refractivity contribution in [2.75, 3.05) is 0 Å². The predicted molar refractivity (Wildman–Crippen MR) is 52.5 cm³/mol. The average molecular weight is 190 g/mol. The van der Waals surface area contributed by atoms with Gasteiger partial charge in [0.2, 0.25) is 0 Å². The number of halogens is 1. The first-order valence-electron chi connectivity index (χ1n) is 4.48. The van der Waals surface area contributed by atoms with Crippen molar-refractivity contribution in [2.24, 2.45) is 0 Å². The van der Waals surface area contributed by atoms with Crippen LogP contribution in [0.4, 0.5) is 4.39 Å². The maximum absolute atomic E-state index is 12.9. The first kappa shape index (κ1) is 8.94. The lowest BCUT2D eigenvalue weighted by Gasteiger charge is -2.05. The van der Waals surface area contributed by atoms with E-state index in [1.807, 2.05) is 19.2 Å². The molecule has 0 bridgehead atoms. The number of hydrogen-bond acceptors (Lipinski definition) is 1. The van der Waals surface area contributed by atoms with Gasteiger partial charge in [0, 0.05) is 12.4 Å².